The van der Waals surface area contributed by atoms with E-state index in [-0.39, 0.29) is 24.9 Å². The molecule has 6 nitrogen and oxygen atoms in total. The molecule has 6 heteroatoms. The van der Waals surface area contributed by atoms with Gasteiger partial charge in [-0.1, -0.05) is 0 Å². The SMILES string of the molecule is OC1CCC(COC(O)C2CCC(O)CO2)OC1. The lowest BCUT2D eigenvalue weighted by atomic mass is 10.1. The summed E-state index contributed by atoms with van der Waals surface area (Å²) in [4.78, 5) is 0. The second-order valence-electron chi connectivity index (χ2n) is 5.01. The molecule has 2 saturated heterocycles. The van der Waals surface area contributed by atoms with Crippen molar-refractivity contribution >= 4 is 0 Å². The van der Waals surface area contributed by atoms with Crippen molar-refractivity contribution in [3.8, 4) is 0 Å². The predicted molar refractivity (Wildman–Crippen MR) is 61.9 cm³/mol. The predicted octanol–water partition coefficient (Wildman–Crippen LogP) is -0.599. The molecule has 0 aromatic carbocycles. The number of rotatable bonds is 4. The van der Waals surface area contributed by atoms with E-state index in [4.69, 9.17) is 14.2 Å². The minimum absolute atomic E-state index is 0.0720. The molecule has 2 aliphatic heterocycles. The Morgan fingerprint density at radius 3 is 2.22 bits per heavy atom. The summed E-state index contributed by atoms with van der Waals surface area (Å²) in [6.07, 6.45) is 0.414. The summed E-state index contributed by atoms with van der Waals surface area (Å²) in [5.41, 5.74) is 0. The Bertz CT molecular complexity index is 233. The van der Waals surface area contributed by atoms with E-state index in [1.165, 1.54) is 0 Å². The molecule has 0 aliphatic carbocycles. The molecule has 106 valence electrons. The van der Waals surface area contributed by atoms with Crippen molar-refractivity contribution in [3.63, 3.8) is 0 Å². The Labute approximate surface area is 106 Å². The summed E-state index contributed by atoms with van der Waals surface area (Å²) >= 11 is 0. The van der Waals surface area contributed by atoms with Gasteiger partial charge in [0, 0.05) is 0 Å². The van der Waals surface area contributed by atoms with E-state index in [2.05, 4.69) is 0 Å². The molecule has 2 rings (SSSR count). The van der Waals surface area contributed by atoms with E-state index in [1.807, 2.05) is 0 Å². The van der Waals surface area contributed by atoms with Gasteiger partial charge in [0.25, 0.3) is 0 Å². The number of hydrogen-bond donors (Lipinski definition) is 3. The van der Waals surface area contributed by atoms with Gasteiger partial charge in [-0.05, 0) is 25.7 Å². The molecule has 0 aromatic heterocycles. The third kappa shape index (κ3) is 4.15. The maximum atomic E-state index is 9.81. The first-order valence-electron chi connectivity index (χ1n) is 6.54. The van der Waals surface area contributed by atoms with Gasteiger partial charge in [0.1, 0.15) is 6.10 Å². The summed E-state index contributed by atoms with van der Waals surface area (Å²) < 4.78 is 16.0. The summed E-state index contributed by atoms with van der Waals surface area (Å²) in [5, 5.41) is 28.4. The van der Waals surface area contributed by atoms with E-state index in [0.717, 1.165) is 6.42 Å². The zero-order chi connectivity index (χ0) is 13.0. The Hall–Kier alpha value is -0.240. The summed E-state index contributed by atoms with van der Waals surface area (Å²) in [5.74, 6) is 0. The van der Waals surface area contributed by atoms with Gasteiger partial charge in [-0.2, -0.15) is 0 Å². The largest absolute Gasteiger partial charge is 0.391 e. The number of ether oxygens (including phenoxy) is 3. The van der Waals surface area contributed by atoms with Crippen molar-refractivity contribution in [2.45, 2.75) is 56.4 Å². The van der Waals surface area contributed by atoms with Crippen LogP contribution in [0.25, 0.3) is 0 Å². The van der Waals surface area contributed by atoms with Crippen LogP contribution in [0.5, 0.6) is 0 Å². The normalized spacial score (nSPS) is 39.5. The van der Waals surface area contributed by atoms with Crippen molar-refractivity contribution < 1.29 is 29.5 Å². The Morgan fingerprint density at radius 1 is 1.00 bits per heavy atom. The smallest absolute Gasteiger partial charge is 0.181 e. The molecule has 0 aromatic rings. The molecule has 2 aliphatic rings. The zero-order valence-corrected chi connectivity index (χ0v) is 10.4. The third-order valence-electron chi connectivity index (χ3n) is 3.40. The first-order chi connectivity index (χ1) is 8.65. The Morgan fingerprint density at radius 2 is 1.67 bits per heavy atom. The highest BCUT2D eigenvalue weighted by Gasteiger charge is 2.28. The lowest BCUT2D eigenvalue weighted by Gasteiger charge is -2.31. The van der Waals surface area contributed by atoms with Gasteiger partial charge in [-0.15, -0.1) is 0 Å². The van der Waals surface area contributed by atoms with Crippen molar-refractivity contribution in [2.75, 3.05) is 19.8 Å². The minimum atomic E-state index is -0.979. The third-order valence-corrected chi connectivity index (χ3v) is 3.40. The monoisotopic (exact) mass is 262 g/mol. The Balaban J connectivity index is 1.63. The van der Waals surface area contributed by atoms with Crippen LogP contribution < -0.4 is 0 Å². The summed E-state index contributed by atoms with van der Waals surface area (Å²) in [6, 6.07) is 0. The number of aliphatic hydroxyl groups is 3. The van der Waals surface area contributed by atoms with Crippen molar-refractivity contribution in [3.05, 3.63) is 0 Å². The molecule has 5 atom stereocenters. The topological polar surface area (TPSA) is 88.4 Å². The van der Waals surface area contributed by atoms with E-state index in [9.17, 15) is 15.3 Å². The maximum Gasteiger partial charge on any atom is 0.181 e. The maximum absolute atomic E-state index is 9.81. The van der Waals surface area contributed by atoms with Crippen molar-refractivity contribution in [1.82, 2.24) is 0 Å². The van der Waals surface area contributed by atoms with Crippen LogP contribution in [0.1, 0.15) is 25.7 Å². The quantitative estimate of drug-likeness (QED) is 0.586. The average molecular weight is 262 g/mol. The average Bonchev–Trinajstić information content (AvgIpc) is 2.38. The van der Waals surface area contributed by atoms with Crippen molar-refractivity contribution in [2.24, 2.45) is 0 Å². The first kappa shape index (κ1) is 14.2. The molecule has 2 heterocycles. The van der Waals surface area contributed by atoms with Crippen LogP contribution in [-0.4, -0.2) is 65.8 Å². The molecule has 0 radical (unpaired) electrons. The first-order valence-corrected chi connectivity index (χ1v) is 6.54. The summed E-state index contributed by atoms with van der Waals surface area (Å²) in [7, 11) is 0. The highest BCUT2D eigenvalue weighted by Crippen LogP contribution is 2.19. The molecular formula is C12H22O6. The van der Waals surface area contributed by atoms with Crippen LogP contribution >= 0.6 is 0 Å². The van der Waals surface area contributed by atoms with Gasteiger partial charge in [-0.3, -0.25) is 0 Å². The van der Waals surface area contributed by atoms with E-state index < -0.39 is 12.4 Å². The molecule has 3 N–H and O–H groups in total. The summed E-state index contributed by atoms with van der Waals surface area (Å²) in [6.45, 7) is 0.879. The molecular weight excluding hydrogens is 240 g/mol. The van der Waals surface area contributed by atoms with Crippen molar-refractivity contribution in [1.29, 1.82) is 0 Å². The fourth-order valence-electron chi connectivity index (χ4n) is 2.22. The molecule has 0 amide bonds. The standard InChI is InChI=1S/C12H22O6/c13-8-1-3-10(16-5-8)7-18-12(15)11-4-2-9(14)6-17-11/h8-15H,1-7H2. The molecule has 0 bridgehead atoms. The highest BCUT2D eigenvalue weighted by atomic mass is 16.6. The van der Waals surface area contributed by atoms with Gasteiger partial charge >= 0.3 is 0 Å². The molecule has 5 unspecified atom stereocenters. The van der Waals surface area contributed by atoms with Crippen LogP contribution in [0, 0.1) is 0 Å². The van der Waals surface area contributed by atoms with E-state index >= 15 is 0 Å². The van der Waals surface area contributed by atoms with Crippen LogP contribution in [0.3, 0.4) is 0 Å². The lowest BCUT2D eigenvalue weighted by Crippen LogP contribution is -2.41. The molecule has 0 spiro atoms. The Kier molecular flexibility index (Phi) is 5.35. The zero-order valence-electron chi connectivity index (χ0n) is 10.4. The minimum Gasteiger partial charge on any atom is -0.391 e. The van der Waals surface area contributed by atoms with Crippen LogP contribution in [0.2, 0.25) is 0 Å². The van der Waals surface area contributed by atoms with Crippen LogP contribution in [0.15, 0.2) is 0 Å². The van der Waals surface area contributed by atoms with E-state index in [1.54, 1.807) is 0 Å². The molecule has 0 saturated carbocycles. The second kappa shape index (κ2) is 6.79. The van der Waals surface area contributed by atoms with E-state index in [0.29, 0.717) is 32.5 Å². The second-order valence-corrected chi connectivity index (χ2v) is 5.01. The van der Waals surface area contributed by atoms with Gasteiger partial charge in [0.2, 0.25) is 0 Å². The lowest BCUT2D eigenvalue weighted by molar-refractivity contribution is -0.215. The molecule has 18 heavy (non-hydrogen) atoms. The van der Waals surface area contributed by atoms with Crippen LogP contribution in [0.4, 0.5) is 0 Å². The number of aliphatic hydroxyl groups excluding tert-OH is 3. The van der Waals surface area contributed by atoms with Gasteiger partial charge in [0.15, 0.2) is 6.29 Å². The van der Waals surface area contributed by atoms with Gasteiger partial charge < -0.3 is 29.5 Å². The van der Waals surface area contributed by atoms with Gasteiger partial charge in [0.05, 0.1) is 38.1 Å². The molecule has 2 fully saturated rings. The van der Waals surface area contributed by atoms with Crippen LogP contribution in [-0.2, 0) is 14.2 Å². The fraction of sp³-hybridized carbons (Fsp3) is 1.00. The highest BCUT2D eigenvalue weighted by molar-refractivity contribution is 4.73. The number of hydrogen-bond acceptors (Lipinski definition) is 6. The fourth-order valence-corrected chi connectivity index (χ4v) is 2.22. The van der Waals surface area contributed by atoms with Gasteiger partial charge in [-0.25, -0.2) is 0 Å².